The van der Waals surface area contributed by atoms with Gasteiger partial charge in [0.15, 0.2) is 0 Å². The molecule has 0 fully saturated rings. The third-order valence-electron chi connectivity index (χ3n) is 1.89. The Morgan fingerprint density at radius 1 is 1.56 bits per heavy atom. The van der Waals surface area contributed by atoms with Gasteiger partial charge in [0.1, 0.15) is 0 Å². The number of hydrogen-bond donors (Lipinski definition) is 1. The summed E-state index contributed by atoms with van der Waals surface area (Å²) in [5, 5.41) is 3.38. The van der Waals surface area contributed by atoms with Crippen LogP contribution >= 0.6 is 34.2 Å². The maximum atomic E-state index is 11.7. The van der Waals surface area contributed by atoms with Crippen molar-refractivity contribution in [3.8, 4) is 11.8 Å². The summed E-state index contributed by atoms with van der Waals surface area (Å²) >= 11 is 8.05. The van der Waals surface area contributed by atoms with Crippen LogP contribution in [0.25, 0.3) is 0 Å². The van der Waals surface area contributed by atoms with Gasteiger partial charge in [-0.25, -0.2) is 0 Å². The topological polar surface area (TPSA) is 29.1 Å². The van der Waals surface area contributed by atoms with Crippen LogP contribution in [0.1, 0.15) is 23.7 Å². The molecule has 16 heavy (non-hydrogen) atoms. The Morgan fingerprint density at radius 2 is 2.31 bits per heavy atom. The Bertz CT molecular complexity index is 448. The average Bonchev–Trinajstić information content (AvgIpc) is 2.28. The van der Waals surface area contributed by atoms with Gasteiger partial charge in [0.05, 0.1) is 5.02 Å². The fourth-order valence-corrected chi connectivity index (χ4v) is 1.62. The molecule has 84 valence electrons. The van der Waals surface area contributed by atoms with Crippen molar-refractivity contribution in [2.24, 2.45) is 0 Å². The standard InChI is InChI=1S/C12H11ClINO/c1-2-3-4-7-15-12(16)9-5-6-11(14)10(13)8-9/h5-6,8H,4,7H2,1H3,(H,15,16). The van der Waals surface area contributed by atoms with Gasteiger partial charge in [0.25, 0.3) is 5.91 Å². The average molecular weight is 348 g/mol. The Kier molecular flexibility index (Phi) is 5.64. The number of benzene rings is 1. The molecule has 0 spiro atoms. The van der Waals surface area contributed by atoms with Crippen LogP contribution in [0.2, 0.25) is 5.02 Å². The first-order valence-corrected chi connectivity index (χ1v) is 6.23. The molecular formula is C12H11ClINO. The lowest BCUT2D eigenvalue weighted by molar-refractivity contribution is 0.0954. The predicted octanol–water partition coefficient (Wildman–Crippen LogP) is 3.09. The van der Waals surface area contributed by atoms with Crippen LogP contribution in [0.15, 0.2) is 18.2 Å². The van der Waals surface area contributed by atoms with E-state index in [0.29, 0.717) is 23.6 Å². The maximum Gasteiger partial charge on any atom is 0.251 e. The predicted molar refractivity (Wildman–Crippen MR) is 74.6 cm³/mol. The second kappa shape index (κ2) is 6.77. The van der Waals surface area contributed by atoms with E-state index in [2.05, 4.69) is 39.7 Å². The van der Waals surface area contributed by atoms with Crippen molar-refractivity contribution in [3.05, 3.63) is 32.4 Å². The number of carbonyl (C=O) groups is 1. The van der Waals surface area contributed by atoms with E-state index in [4.69, 9.17) is 11.6 Å². The van der Waals surface area contributed by atoms with Gasteiger partial charge in [-0.2, -0.15) is 0 Å². The second-order valence-electron chi connectivity index (χ2n) is 3.06. The van der Waals surface area contributed by atoms with E-state index < -0.39 is 0 Å². The van der Waals surface area contributed by atoms with Gasteiger partial charge < -0.3 is 5.32 Å². The van der Waals surface area contributed by atoms with Crippen LogP contribution in [0, 0.1) is 15.4 Å². The van der Waals surface area contributed by atoms with Crippen LogP contribution in [0.5, 0.6) is 0 Å². The maximum absolute atomic E-state index is 11.7. The fourth-order valence-electron chi connectivity index (χ4n) is 1.10. The van der Waals surface area contributed by atoms with E-state index in [0.717, 1.165) is 3.57 Å². The zero-order chi connectivity index (χ0) is 12.0. The molecule has 0 atom stereocenters. The molecule has 0 aliphatic carbocycles. The van der Waals surface area contributed by atoms with Gasteiger partial charge in [-0.1, -0.05) is 11.6 Å². The van der Waals surface area contributed by atoms with Crippen molar-refractivity contribution in [2.45, 2.75) is 13.3 Å². The molecule has 0 saturated heterocycles. The van der Waals surface area contributed by atoms with Gasteiger partial charge in [0.2, 0.25) is 0 Å². The molecule has 1 N–H and O–H groups in total. The van der Waals surface area contributed by atoms with E-state index >= 15 is 0 Å². The van der Waals surface area contributed by atoms with E-state index in [1.807, 2.05) is 6.07 Å². The highest BCUT2D eigenvalue weighted by atomic mass is 127. The minimum absolute atomic E-state index is 0.115. The van der Waals surface area contributed by atoms with Gasteiger partial charge >= 0.3 is 0 Å². The van der Waals surface area contributed by atoms with Crippen LogP contribution < -0.4 is 5.32 Å². The molecule has 1 amide bonds. The zero-order valence-corrected chi connectivity index (χ0v) is 11.7. The largest absolute Gasteiger partial charge is 0.351 e. The highest BCUT2D eigenvalue weighted by Crippen LogP contribution is 2.19. The van der Waals surface area contributed by atoms with Crippen LogP contribution in [0.4, 0.5) is 0 Å². The molecule has 0 heterocycles. The van der Waals surface area contributed by atoms with Crippen molar-refractivity contribution in [1.29, 1.82) is 0 Å². The quantitative estimate of drug-likeness (QED) is 0.508. The molecule has 0 unspecified atom stereocenters. The third-order valence-corrected chi connectivity index (χ3v) is 3.47. The number of rotatable bonds is 3. The third kappa shape index (κ3) is 4.03. The number of hydrogen-bond acceptors (Lipinski definition) is 1. The number of carbonyl (C=O) groups excluding carboxylic acids is 1. The summed E-state index contributed by atoms with van der Waals surface area (Å²) in [4.78, 5) is 11.7. The lowest BCUT2D eigenvalue weighted by Gasteiger charge is -2.04. The summed E-state index contributed by atoms with van der Waals surface area (Å²) < 4.78 is 0.938. The normalized spacial score (nSPS) is 9.19. The molecule has 0 aromatic heterocycles. The number of nitrogens with one attached hydrogen (secondary N) is 1. The van der Waals surface area contributed by atoms with Gasteiger partial charge in [-0.3, -0.25) is 4.79 Å². The SMILES string of the molecule is CC#CCCNC(=O)c1ccc(I)c(Cl)c1. The highest BCUT2D eigenvalue weighted by Gasteiger charge is 2.06. The first-order valence-electron chi connectivity index (χ1n) is 4.78. The Hall–Kier alpha value is -0.730. The molecule has 1 aromatic carbocycles. The second-order valence-corrected chi connectivity index (χ2v) is 4.63. The molecule has 0 aliphatic heterocycles. The number of amides is 1. The summed E-state index contributed by atoms with van der Waals surface area (Å²) in [5.41, 5.74) is 0.579. The summed E-state index contributed by atoms with van der Waals surface area (Å²) in [6, 6.07) is 5.25. The lowest BCUT2D eigenvalue weighted by atomic mass is 10.2. The van der Waals surface area contributed by atoms with Gasteiger partial charge in [-0.05, 0) is 47.7 Å². The zero-order valence-electron chi connectivity index (χ0n) is 8.81. The van der Waals surface area contributed by atoms with E-state index in [1.54, 1.807) is 19.1 Å². The van der Waals surface area contributed by atoms with Crippen molar-refractivity contribution in [1.82, 2.24) is 5.32 Å². The molecular weight excluding hydrogens is 336 g/mol. The van der Waals surface area contributed by atoms with Crippen molar-refractivity contribution >= 4 is 40.1 Å². The van der Waals surface area contributed by atoms with Crippen molar-refractivity contribution < 1.29 is 4.79 Å². The molecule has 0 bridgehead atoms. The molecule has 1 rings (SSSR count). The number of halogens is 2. The fraction of sp³-hybridized carbons (Fsp3) is 0.250. The summed E-state index contributed by atoms with van der Waals surface area (Å²) in [6.07, 6.45) is 0.667. The highest BCUT2D eigenvalue weighted by molar-refractivity contribution is 14.1. The lowest BCUT2D eigenvalue weighted by Crippen LogP contribution is -2.24. The minimum Gasteiger partial charge on any atom is -0.351 e. The molecule has 1 aromatic rings. The molecule has 0 radical (unpaired) electrons. The summed E-state index contributed by atoms with van der Waals surface area (Å²) in [7, 11) is 0. The van der Waals surface area contributed by atoms with Crippen LogP contribution in [0.3, 0.4) is 0 Å². The van der Waals surface area contributed by atoms with E-state index in [9.17, 15) is 4.79 Å². The Balaban J connectivity index is 2.58. The van der Waals surface area contributed by atoms with Crippen molar-refractivity contribution in [2.75, 3.05) is 6.54 Å². The molecule has 0 aliphatic rings. The van der Waals surface area contributed by atoms with E-state index in [1.165, 1.54) is 0 Å². The smallest absolute Gasteiger partial charge is 0.251 e. The van der Waals surface area contributed by atoms with Crippen LogP contribution in [-0.2, 0) is 0 Å². The van der Waals surface area contributed by atoms with Crippen LogP contribution in [-0.4, -0.2) is 12.5 Å². The molecule has 2 nitrogen and oxygen atoms in total. The molecule has 0 saturated carbocycles. The van der Waals surface area contributed by atoms with Gasteiger partial charge in [-0.15, -0.1) is 11.8 Å². The Labute approximate surface area is 114 Å². The first-order chi connectivity index (χ1) is 7.65. The minimum atomic E-state index is -0.115. The summed E-state index contributed by atoms with van der Waals surface area (Å²) in [5.74, 6) is 5.54. The summed E-state index contributed by atoms with van der Waals surface area (Å²) in [6.45, 7) is 2.34. The monoisotopic (exact) mass is 347 g/mol. The van der Waals surface area contributed by atoms with E-state index in [-0.39, 0.29) is 5.91 Å². The van der Waals surface area contributed by atoms with Gasteiger partial charge in [0, 0.05) is 22.1 Å². The molecule has 4 heteroatoms. The first kappa shape index (κ1) is 13.3. The Morgan fingerprint density at radius 3 is 2.94 bits per heavy atom. The van der Waals surface area contributed by atoms with Crippen molar-refractivity contribution in [3.63, 3.8) is 0 Å².